The zero-order valence-electron chi connectivity index (χ0n) is 11.8. The van der Waals surface area contributed by atoms with Gasteiger partial charge in [0, 0.05) is 31.7 Å². The van der Waals surface area contributed by atoms with Crippen LogP contribution in [0, 0.1) is 11.3 Å². The number of hydrogen-bond acceptors (Lipinski definition) is 4. The van der Waals surface area contributed by atoms with Crippen LogP contribution in [0.1, 0.15) is 39.5 Å². The van der Waals surface area contributed by atoms with Gasteiger partial charge in [-0.25, -0.2) is 0 Å². The van der Waals surface area contributed by atoms with Gasteiger partial charge in [-0.05, 0) is 31.6 Å². The highest BCUT2D eigenvalue weighted by molar-refractivity contribution is 4.94. The number of rotatable bonds is 11. The maximum absolute atomic E-state index is 9.70. The van der Waals surface area contributed by atoms with E-state index < -0.39 is 6.10 Å². The number of aliphatic hydroxyl groups is 2. The zero-order valence-corrected chi connectivity index (χ0v) is 11.8. The first-order chi connectivity index (χ1) is 8.58. The van der Waals surface area contributed by atoms with E-state index in [9.17, 15) is 5.11 Å². The van der Waals surface area contributed by atoms with Crippen molar-refractivity contribution in [3.05, 3.63) is 0 Å². The van der Waals surface area contributed by atoms with Crippen molar-refractivity contribution in [1.82, 2.24) is 5.32 Å². The summed E-state index contributed by atoms with van der Waals surface area (Å²) in [5.74, 6) is 0.716. The van der Waals surface area contributed by atoms with Gasteiger partial charge in [-0.15, -0.1) is 0 Å². The molecule has 0 aromatic rings. The Morgan fingerprint density at radius 3 is 2.61 bits per heavy atom. The lowest BCUT2D eigenvalue weighted by molar-refractivity contribution is 0.0338. The van der Waals surface area contributed by atoms with Gasteiger partial charge in [-0.2, -0.15) is 0 Å². The summed E-state index contributed by atoms with van der Waals surface area (Å²) < 4.78 is 5.43. The molecule has 0 aromatic heterocycles. The van der Waals surface area contributed by atoms with Gasteiger partial charge >= 0.3 is 0 Å². The first-order valence-corrected chi connectivity index (χ1v) is 7.15. The molecule has 0 aliphatic heterocycles. The van der Waals surface area contributed by atoms with Gasteiger partial charge in [0.15, 0.2) is 0 Å². The Morgan fingerprint density at radius 2 is 2.06 bits per heavy atom. The molecule has 18 heavy (non-hydrogen) atoms. The van der Waals surface area contributed by atoms with Gasteiger partial charge in [0.05, 0.1) is 12.7 Å². The second kappa shape index (κ2) is 8.10. The molecule has 1 fully saturated rings. The average molecular weight is 259 g/mol. The van der Waals surface area contributed by atoms with E-state index in [1.165, 1.54) is 6.42 Å². The summed E-state index contributed by atoms with van der Waals surface area (Å²) >= 11 is 0. The SMILES string of the molecule is CC(C)CCCOCC(O)CNCC1(CO)CC1. The predicted octanol–water partition coefficient (Wildman–Crippen LogP) is 1.16. The zero-order chi connectivity index (χ0) is 13.4. The van der Waals surface area contributed by atoms with Crippen molar-refractivity contribution in [3.63, 3.8) is 0 Å². The molecule has 1 aliphatic rings. The first-order valence-electron chi connectivity index (χ1n) is 7.15. The van der Waals surface area contributed by atoms with Crippen LogP contribution in [0.2, 0.25) is 0 Å². The molecule has 1 rings (SSSR count). The Bertz CT molecular complexity index is 217. The van der Waals surface area contributed by atoms with Crippen molar-refractivity contribution in [2.75, 3.05) is 32.9 Å². The van der Waals surface area contributed by atoms with E-state index in [-0.39, 0.29) is 12.0 Å². The standard InChI is InChI=1S/C14H29NO3/c1-12(2)4-3-7-18-9-13(17)8-15-10-14(11-16)5-6-14/h12-13,15-17H,3-11H2,1-2H3. The lowest BCUT2D eigenvalue weighted by atomic mass is 10.1. The van der Waals surface area contributed by atoms with E-state index in [4.69, 9.17) is 9.84 Å². The molecule has 0 radical (unpaired) electrons. The van der Waals surface area contributed by atoms with Crippen molar-refractivity contribution < 1.29 is 14.9 Å². The molecule has 0 heterocycles. The molecule has 1 unspecified atom stereocenters. The van der Waals surface area contributed by atoms with Crippen molar-refractivity contribution in [2.24, 2.45) is 11.3 Å². The third-order valence-corrected chi connectivity index (χ3v) is 3.55. The monoisotopic (exact) mass is 259 g/mol. The van der Waals surface area contributed by atoms with E-state index in [1.54, 1.807) is 0 Å². The minimum absolute atomic E-state index is 0.109. The topological polar surface area (TPSA) is 61.7 Å². The molecule has 0 aromatic carbocycles. The fraction of sp³-hybridized carbons (Fsp3) is 1.00. The van der Waals surface area contributed by atoms with E-state index in [0.717, 1.165) is 32.4 Å². The molecule has 0 amide bonds. The summed E-state index contributed by atoms with van der Waals surface area (Å²) in [6, 6.07) is 0. The molecule has 1 atom stereocenters. The van der Waals surface area contributed by atoms with Crippen molar-refractivity contribution in [1.29, 1.82) is 0 Å². The van der Waals surface area contributed by atoms with Gasteiger partial charge in [-0.1, -0.05) is 13.8 Å². The van der Waals surface area contributed by atoms with Crippen LogP contribution >= 0.6 is 0 Å². The normalized spacial score (nSPS) is 19.2. The molecular weight excluding hydrogens is 230 g/mol. The highest BCUT2D eigenvalue weighted by Gasteiger charge is 2.41. The molecule has 1 aliphatic carbocycles. The summed E-state index contributed by atoms with van der Waals surface area (Å²) in [6.07, 6.45) is 3.98. The Balaban J connectivity index is 1.89. The summed E-state index contributed by atoms with van der Waals surface area (Å²) in [5, 5.41) is 22.0. The predicted molar refractivity (Wildman–Crippen MR) is 72.5 cm³/mol. The molecule has 4 nitrogen and oxygen atoms in total. The molecule has 108 valence electrons. The maximum atomic E-state index is 9.70. The molecular formula is C14H29NO3. The summed E-state index contributed by atoms with van der Waals surface area (Å²) in [6.45, 7) is 7.13. The molecule has 4 heteroatoms. The number of aliphatic hydroxyl groups excluding tert-OH is 2. The smallest absolute Gasteiger partial charge is 0.0897 e. The quantitative estimate of drug-likeness (QED) is 0.487. The van der Waals surface area contributed by atoms with Crippen LogP contribution in [-0.2, 0) is 4.74 Å². The molecule has 0 saturated heterocycles. The van der Waals surface area contributed by atoms with Gasteiger partial charge in [0.25, 0.3) is 0 Å². The minimum atomic E-state index is -0.446. The highest BCUT2D eigenvalue weighted by Crippen LogP contribution is 2.44. The second-order valence-electron chi connectivity index (χ2n) is 6.05. The maximum Gasteiger partial charge on any atom is 0.0897 e. The molecule has 3 N–H and O–H groups in total. The summed E-state index contributed by atoms with van der Waals surface area (Å²) in [7, 11) is 0. The van der Waals surface area contributed by atoms with Crippen molar-refractivity contribution in [2.45, 2.75) is 45.6 Å². The third-order valence-electron chi connectivity index (χ3n) is 3.55. The third kappa shape index (κ3) is 6.69. The van der Waals surface area contributed by atoms with Crippen molar-refractivity contribution >= 4 is 0 Å². The Labute approximate surface area is 111 Å². The van der Waals surface area contributed by atoms with Crippen LogP contribution in [0.15, 0.2) is 0 Å². The second-order valence-corrected chi connectivity index (χ2v) is 6.05. The molecule has 0 bridgehead atoms. The van der Waals surface area contributed by atoms with Crippen LogP contribution in [0.25, 0.3) is 0 Å². The number of ether oxygens (including phenoxy) is 1. The van der Waals surface area contributed by atoms with E-state index in [1.807, 2.05) is 0 Å². The lowest BCUT2D eigenvalue weighted by Gasteiger charge is -2.16. The Kier molecular flexibility index (Phi) is 7.15. The number of nitrogens with one attached hydrogen (secondary N) is 1. The summed E-state index contributed by atoms with van der Waals surface area (Å²) in [4.78, 5) is 0. The van der Waals surface area contributed by atoms with Crippen LogP contribution in [0.3, 0.4) is 0 Å². The van der Waals surface area contributed by atoms with Gasteiger partial charge in [0.1, 0.15) is 0 Å². The average Bonchev–Trinajstić information content (AvgIpc) is 3.09. The van der Waals surface area contributed by atoms with Gasteiger partial charge in [-0.3, -0.25) is 0 Å². The largest absolute Gasteiger partial charge is 0.396 e. The lowest BCUT2D eigenvalue weighted by Crippen LogP contribution is -2.35. The van der Waals surface area contributed by atoms with Gasteiger partial charge in [0.2, 0.25) is 0 Å². The first kappa shape index (κ1) is 15.9. The Hall–Kier alpha value is -0.160. The van der Waals surface area contributed by atoms with Crippen LogP contribution < -0.4 is 5.32 Å². The van der Waals surface area contributed by atoms with Crippen LogP contribution in [0.5, 0.6) is 0 Å². The minimum Gasteiger partial charge on any atom is -0.396 e. The molecule has 1 saturated carbocycles. The van der Waals surface area contributed by atoms with E-state index >= 15 is 0 Å². The van der Waals surface area contributed by atoms with E-state index in [2.05, 4.69) is 19.2 Å². The number of hydrogen-bond donors (Lipinski definition) is 3. The van der Waals surface area contributed by atoms with E-state index in [0.29, 0.717) is 19.1 Å². The summed E-state index contributed by atoms with van der Waals surface area (Å²) in [5.41, 5.74) is 0.109. The highest BCUT2D eigenvalue weighted by atomic mass is 16.5. The van der Waals surface area contributed by atoms with Crippen molar-refractivity contribution in [3.8, 4) is 0 Å². The fourth-order valence-electron chi connectivity index (χ4n) is 1.94. The van der Waals surface area contributed by atoms with Crippen LogP contribution in [-0.4, -0.2) is 49.2 Å². The molecule has 0 spiro atoms. The fourth-order valence-corrected chi connectivity index (χ4v) is 1.94. The van der Waals surface area contributed by atoms with Crippen LogP contribution in [0.4, 0.5) is 0 Å². The van der Waals surface area contributed by atoms with Gasteiger partial charge < -0.3 is 20.3 Å². The Morgan fingerprint density at radius 1 is 1.33 bits per heavy atom.